The minimum atomic E-state index is -0.00310. The van der Waals surface area contributed by atoms with Crippen LogP contribution >= 0.6 is 0 Å². The standard InChI is InChI=1S/C19H22N4O2/c1-13-6-18(24)21(2)17-12-23(11-16(13)17)19(25)7-14-9-22(10-14)15-4-3-5-20-8-15/h3-6,8,14H,7,9-12H2,1-2H3. The summed E-state index contributed by atoms with van der Waals surface area (Å²) >= 11 is 0. The van der Waals surface area contributed by atoms with Crippen molar-refractivity contribution in [1.29, 1.82) is 0 Å². The molecule has 0 aromatic carbocycles. The van der Waals surface area contributed by atoms with Crippen LogP contribution in [-0.4, -0.2) is 33.4 Å². The maximum absolute atomic E-state index is 12.7. The van der Waals surface area contributed by atoms with Crippen LogP contribution in [0.1, 0.15) is 23.2 Å². The summed E-state index contributed by atoms with van der Waals surface area (Å²) in [6.07, 6.45) is 4.20. The molecule has 2 aromatic heterocycles. The number of carbonyl (C=O) groups is 1. The first-order chi connectivity index (χ1) is 12.0. The number of anilines is 1. The molecular weight excluding hydrogens is 316 g/mol. The van der Waals surface area contributed by atoms with Crippen LogP contribution in [0.15, 0.2) is 35.4 Å². The molecular formula is C19H22N4O2. The maximum atomic E-state index is 12.7. The maximum Gasteiger partial charge on any atom is 0.250 e. The summed E-state index contributed by atoms with van der Waals surface area (Å²) in [5, 5.41) is 0. The minimum Gasteiger partial charge on any atom is -0.370 e. The van der Waals surface area contributed by atoms with E-state index in [9.17, 15) is 9.59 Å². The number of rotatable bonds is 3. The van der Waals surface area contributed by atoms with Gasteiger partial charge in [-0.25, -0.2) is 0 Å². The third-order valence-corrected chi connectivity index (χ3v) is 5.37. The fourth-order valence-electron chi connectivity index (χ4n) is 3.78. The van der Waals surface area contributed by atoms with Crippen molar-refractivity contribution in [3.05, 3.63) is 57.8 Å². The predicted molar refractivity (Wildman–Crippen MR) is 95.2 cm³/mol. The average Bonchev–Trinajstić information content (AvgIpc) is 3.02. The molecule has 6 nitrogen and oxygen atoms in total. The average molecular weight is 338 g/mol. The van der Waals surface area contributed by atoms with Crippen molar-refractivity contribution in [2.24, 2.45) is 13.0 Å². The van der Waals surface area contributed by atoms with E-state index in [1.165, 1.54) is 0 Å². The fraction of sp³-hybridized carbons (Fsp3) is 0.421. The highest BCUT2D eigenvalue weighted by Crippen LogP contribution is 2.29. The Morgan fingerprint density at radius 1 is 1.32 bits per heavy atom. The van der Waals surface area contributed by atoms with E-state index in [1.807, 2.05) is 30.2 Å². The van der Waals surface area contributed by atoms with Gasteiger partial charge in [0.15, 0.2) is 0 Å². The van der Waals surface area contributed by atoms with Gasteiger partial charge in [0.25, 0.3) is 5.56 Å². The van der Waals surface area contributed by atoms with Crippen molar-refractivity contribution in [1.82, 2.24) is 14.5 Å². The molecule has 2 aliphatic rings. The number of carbonyl (C=O) groups excluding carboxylic acids is 1. The molecule has 0 saturated carbocycles. The zero-order valence-electron chi connectivity index (χ0n) is 14.6. The van der Waals surface area contributed by atoms with Gasteiger partial charge in [0, 0.05) is 57.0 Å². The van der Waals surface area contributed by atoms with E-state index in [1.54, 1.807) is 23.9 Å². The Morgan fingerprint density at radius 3 is 2.84 bits per heavy atom. The van der Waals surface area contributed by atoms with E-state index < -0.39 is 0 Å². The Labute approximate surface area is 146 Å². The molecule has 0 spiro atoms. The van der Waals surface area contributed by atoms with E-state index >= 15 is 0 Å². The van der Waals surface area contributed by atoms with Crippen LogP contribution in [-0.2, 0) is 24.9 Å². The molecule has 2 aliphatic heterocycles. The largest absolute Gasteiger partial charge is 0.370 e. The predicted octanol–water partition coefficient (Wildman–Crippen LogP) is 1.46. The van der Waals surface area contributed by atoms with Crippen LogP contribution in [0, 0.1) is 12.8 Å². The van der Waals surface area contributed by atoms with Gasteiger partial charge in [-0.15, -0.1) is 0 Å². The lowest BCUT2D eigenvalue weighted by atomic mass is 9.95. The van der Waals surface area contributed by atoms with Gasteiger partial charge in [-0.1, -0.05) is 0 Å². The molecule has 0 radical (unpaired) electrons. The molecule has 1 amide bonds. The van der Waals surface area contributed by atoms with Gasteiger partial charge in [-0.2, -0.15) is 0 Å². The van der Waals surface area contributed by atoms with Gasteiger partial charge in [-0.05, 0) is 30.2 Å². The second kappa shape index (κ2) is 6.02. The van der Waals surface area contributed by atoms with Crippen LogP contribution in [0.5, 0.6) is 0 Å². The number of aromatic nitrogens is 2. The summed E-state index contributed by atoms with van der Waals surface area (Å²) in [4.78, 5) is 32.9. The molecule has 25 heavy (non-hydrogen) atoms. The number of fused-ring (bicyclic) bond motifs is 1. The Kier molecular flexibility index (Phi) is 3.82. The molecule has 0 aliphatic carbocycles. The Bertz CT molecular complexity index is 869. The fourth-order valence-corrected chi connectivity index (χ4v) is 3.78. The summed E-state index contributed by atoms with van der Waals surface area (Å²) in [6, 6.07) is 5.64. The van der Waals surface area contributed by atoms with Crippen LogP contribution in [0.3, 0.4) is 0 Å². The summed E-state index contributed by atoms with van der Waals surface area (Å²) in [6.45, 7) is 4.91. The van der Waals surface area contributed by atoms with Crippen LogP contribution < -0.4 is 10.5 Å². The molecule has 0 N–H and O–H groups in total. The van der Waals surface area contributed by atoms with Gasteiger partial charge in [0.2, 0.25) is 5.91 Å². The SMILES string of the molecule is Cc1cc(=O)n(C)c2c1CN(C(=O)CC1CN(c3cccnc3)C1)C2. The van der Waals surface area contributed by atoms with Crippen molar-refractivity contribution < 1.29 is 4.79 Å². The molecule has 2 aromatic rings. The van der Waals surface area contributed by atoms with Crippen molar-refractivity contribution in [3.8, 4) is 0 Å². The highest BCUT2D eigenvalue weighted by atomic mass is 16.2. The lowest BCUT2D eigenvalue weighted by Crippen LogP contribution is -2.48. The quantitative estimate of drug-likeness (QED) is 0.850. The van der Waals surface area contributed by atoms with E-state index in [0.717, 1.165) is 35.6 Å². The van der Waals surface area contributed by atoms with Crippen molar-refractivity contribution in [3.63, 3.8) is 0 Å². The van der Waals surface area contributed by atoms with Gasteiger partial charge in [-0.3, -0.25) is 14.6 Å². The lowest BCUT2D eigenvalue weighted by molar-refractivity contribution is -0.133. The van der Waals surface area contributed by atoms with Crippen molar-refractivity contribution >= 4 is 11.6 Å². The molecule has 4 heterocycles. The van der Waals surface area contributed by atoms with Crippen LogP contribution in [0.2, 0.25) is 0 Å². The summed E-state index contributed by atoms with van der Waals surface area (Å²) in [5.74, 6) is 0.570. The molecule has 6 heteroatoms. The monoisotopic (exact) mass is 338 g/mol. The molecule has 1 saturated heterocycles. The zero-order valence-corrected chi connectivity index (χ0v) is 14.6. The lowest BCUT2D eigenvalue weighted by Gasteiger charge is -2.41. The summed E-state index contributed by atoms with van der Waals surface area (Å²) in [5.41, 5.74) is 4.20. The first-order valence-corrected chi connectivity index (χ1v) is 8.64. The highest BCUT2D eigenvalue weighted by Gasteiger charge is 2.33. The van der Waals surface area contributed by atoms with Crippen molar-refractivity contribution in [2.45, 2.75) is 26.4 Å². The first-order valence-electron chi connectivity index (χ1n) is 8.64. The molecule has 1 fully saturated rings. The Morgan fingerprint density at radius 2 is 2.12 bits per heavy atom. The molecule has 0 unspecified atom stereocenters. The number of pyridine rings is 2. The highest BCUT2D eigenvalue weighted by molar-refractivity contribution is 5.77. The van der Waals surface area contributed by atoms with E-state index in [2.05, 4.69) is 9.88 Å². The second-order valence-electron chi connectivity index (χ2n) is 7.09. The Balaban J connectivity index is 1.37. The topological polar surface area (TPSA) is 58.4 Å². The third-order valence-electron chi connectivity index (χ3n) is 5.37. The van der Waals surface area contributed by atoms with Crippen molar-refractivity contribution in [2.75, 3.05) is 18.0 Å². The van der Waals surface area contributed by atoms with E-state index in [0.29, 0.717) is 25.4 Å². The minimum absolute atomic E-state index is 0.00310. The van der Waals surface area contributed by atoms with Gasteiger partial charge >= 0.3 is 0 Å². The van der Waals surface area contributed by atoms with Crippen LogP contribution in [0.25, 0.3) is 0 Å². The molecule has 0 bridgehead atoms. The van der Waals surface area contributed by atoms with Gasteiger partial charge in [0.1, 0.15) is 0 Å². The number of amides is 1. The number of hydrogen-bond acceptors (Lipinski definition) is 4. The van der Waals surface area contributed by atoms with Gasteiger partial charge < -0.3 is 14.4 Å². The van der Waals surface area contributed by atoms with Crippen LogP contribution in [0.4, 0.5) is 5.69 Å². The number of nitrogens with zero attached hydrogens (tertiary/aromatic N) is 4. The molecule has 130 valence electrons. The second-order valence-corrected chi connectivity index (χ2v) is 7.09. The summed E-state index contributed by atoms with van der Waals surface area (Å²) in [7, 11) is 1.78. The summed E-state index contributed by atoms with van der Waals surface area (Å²) < 4.78 is 1.67. The smallest absolute Gasteiger partial charge is 0.250 e. The number of hydrogen-bond donors (Lipinski definition) is 0. The van der Waals surface area contributed by atoms with E-state index in [-0.39, 0.29) is 11.5 Å². The Hall–Kier alpha value is -2.63. The van der Waals surface area contributed by atoms with Gasteiger partial charge in [0.05, 0.1) is 18.4 Å². The zero-order chi connectivity index (χ0) is 17.6. The third kappa shape index (κ3) is 2.81. The molecule has 0 atom stereocenters. The van der Waals surface area contributed by atoms with E-state index in [4.69, 9.17) is 0 Å². The first kappa shape index (κ1) is 15.9. The molecule has 4 rings (SSSR count). The number of aryl methyl sites for hydroxylation is 1. The normalized spacial score (nSPS) is 16.7.